The van der Waals surface area contributed by atoms with E-state index in [1.54, 1.807) is 27.2 Å². The van der Waals surface area contributed by atoms with E-state index in [9.17, 15) is 4.79 Å². The van der Waals surface area contributed by atoms with E-state index in [0.717, 1.165) is 5.56 Å². The second-order valence-corrected chi connectivity index (χ2v) is 7.11. The predicted octanol–water partition coefficient (Wildman–Crippen LogP) is 2.43. The number of methoxy groups -OCH3 is 2. The minimum Gasteiger partial charge on any atom is -0.493 e. The topological polar surface area (TPSA) is 100 Å². The van der Waals surface area contributed by atoms with E-state index in [0.29, 0.717) is 28.7 Å². The average molecular weight is 373 g/mol. The number of fused-ring (bicyclic) bond motifs is 1. The van der Waals surface area contributed by atoms with Gasteiger partial charge in [0.05, 0.1) is 31.5 Å². The molecule has 1 atom stereocenters. The summed E-state index contributed by atoms with van der Waals surface area (Å²) in [7, 11) is 3.13. The van der Waals surface area contributed by atoms with Gasteiger partial charge >= 0.3 is 5.97 Å². The Hall–Kier alpha value is -3.10. The van der Waals surface area contributed by atoms with E-state index < -0.39 is 17.6 Å². The molecule has 1 aromatic heterocycles. The fourth-order valence-electron chi connectivity index (χ4n) is 2.91. The number of allylic oxidation sites excluding steroid dienone is 1. The number of nitrogens with one attached hydrogen (secondary N) is 1. The zero-order valence-electron chi connectivity index (χ0n) is 16.2. The van der Waals surface area contributed by atoms with Crippen molar-refractivity contribution < 1.29 is 19.0 Å². The van der Waals surface area contributed by atoms with Gasteiger partial charge in [-0.2, -0.15) is 4.68 Å². The Labute approximate surface area is 157 Å². The standard InChI is InChI=1S/C18H23N5O4/c1-10-14(16(24)27-18(2,3)4)15(19-17-20-21-22-23(10)17)11-7-8-12(25-5)13(9-11)26-6/h7-9,15H,1-6H3,(H,19,20,22). The molecule has 9 heteroatoms. The van der Waals surface area contributed by atoms with Crippen molar-refractivity contribution in [1.82, 2.24) is 20.2 Å². The summed E-state index contributed by atoms with van der Waals surface area (Å²) in [4.78, 5) is 13.0. The molecule has 1 aliphatic rings. The minimum absolute atomic E-state index is 0.428. The number of hydrogen-bond donors (Lipinski definition) is 1. The molecule has 144 valence electrons. The lowest BCUT2D eigenvalue weighted by atomic mass is 9.95. The highest BCUT2D eigenvalue weighted by Crippen LogP contribution is 2.38. The number of esters is 1. The van der Waals surface area contributed by atoms with E-state index in [-0.39, 0.29) is 0 Å². The van der Waals surface area contributed by atoms with Crippen LogP contribution in [0, 0.1) is 0 Å². The van der Waals surface area contributed by atoms with Crippen LogP contribution in [-0.2, 0) is 9.53 Å². The zero-order chi connectivity index (χ0) is 19.8. The Kier molecular flexibility index (Phi) is 4.77. The lowest BCUT2D eigenvalue weighted by molar-refractivity contribution is -0.150. The van der Waals surface area contributed by atoms with Crippen LogP contribution >= 0.6 is 0 Å². The van der Waals surface area contributed by atoms with Crippen molar-refractivity contribution in [1.29, 1.82) is 0 Å². The van der Waals surface area contributed by atoms with Gasteiger partial charge in [0.2, 0.25) is 5.95 Å². The number of benzene rings is 1. The number of aromatic nitrogens is 4. The van der Waals surface area contributed by atoms with Crippen LogP contribution in [0.15, 0.2) is 23.8 Å². The van der Waals surface area contributed by atoms with Gasteiger partial charge in [-0.15, -0.1) is 0 Å². The summed E-state index contributed by atoms with van der Waals surface area (Å²) in [6.45, 7) is 7.26. The highest BCUT2D eigenvalue weighted by molar-refractivity contribution is 5.97. The molecule has 0 amide bonds. The van der Waals surface area contributed by atoms with Crippen molar-refractivity contribution in [3.63, 3.8) is 0 Å². The Morgan fingerprint density at radius 2 is 1.89 bits per heavy atom. The first-order valence-electron chi connectivity index (χ1n) is 8.46. The van der Waals surface area contributed by atoms with Crippen molar-refractivity contribution in [3.8, 4) is 11.5 Å². The predicted molar refractivity (Wildman–Crippen MR) is 98.5 cm³/mol. The molecule has 0 radical (unpaired) electrons. The maximum absolute atomic E-state index is 13.0. The molecular formula is C18H23N5O4. The second-order valence-electron chi connectivity index (χ2n) is 7.11. The fraction of sp³-hybridized carbons (Fsp3) is 0.444. The maximum atomic E-state index is 13.0. The Morgan fingerprint density at radius 1 is 1.19 bits per heavy atom. The summed E-state index contributed by atoms with van der Waals surface area (Å²) < 4.78 is 17.8. The molecule has 9 nitrogen and oxygen atoms in total. The van der Waals surface area contributed by atoms with E-state index >= 15 is 0 Å². The highest BCUT2D eigenvalue weighted by Gasteiger charge is 2.35. The second kappa shape index (κ2) is 6.90. The lowest BCUT2D eigenvalue weighted by Gasteiger charge is -2.30. The number of carbonyl (C=O) groups is 1. The van der Waals surface area contributed by atoms with Gasteiger partial charge in [-0.1, -0.05) is 11.2 Å². The van der Waals surface area contributed by atoms with Gasteiger partial charge in [-0.25, -0.2) is 4.79 Å². The molecule has 0 bridgehead atoms. The first kappa shape index (κ1) is 18.7. The van der Waals surface area contributed by atoms with Gasteiger partial charge in [0.15, 0.2) is 11.5 Å². The summed E-state index contributed by atoms with van der Waals surface area (Å²) in [5, 5.41) is 14.8. The van der Waals surface area contributed by atoms with Gasteiger partial charge < -0.3 is 19.5 Å². The fourth-order valence-corrected chi connectivity index (χ4v) is 2.91. The number of carbonyl (C=O) groups excluding carboxylic acids is 1. The van der Waals surface area contributed by atoms with Crippen LogP contribution in [0.5, 0.6) is 11.5 Å². The van der Waals surface area contributed by atoms with Crippen LogP contribution in [0.4, 0.5) is 5.95 Å². The monoisotopic (exact) mass is 373 g/mol. The lowest BCUT2D eigenvalue weighted by Crippen LogP contribution is -2.32. The molecule has 27 heavy (non-hydrogen) atoms. The van der Waals surface area contributed by atoms with E-state index in [1.165, 1.54) is 4.68 Å². The summed E-state index contributed by atoms with van der Waals surface area (Å²) in [6.07, 6.45) is 0. The smallest absolute Gasteiger partial charge is 0.338 e. The maximum Gasteiger partial charge on any atom is 0.338 e. The van der Waals surface area contributed by atoms with E-state index in [2.05, 4.69) is 20.8 Å². The van der Waals surface area contributed by atoms with Crippen LogP contribution in [0.2, 0.25) is 0 Å². The Bertz CT molecular complexity index is 897. The molecule has 0 saturated heterocycles. The van der Waals surface area contributed by atoms with Gasteiger partial charge in [0, 0.05) is 0 Å². The highest BCUT2D eigenvalue weighted by atomic mass is 16.6. The number of hydrogen-bond acceptors (Lipinski definition) is 8. The molecule has 0 aliphatic carbocycles. The van der Waals surface area contributed by atoms with E-state index in [1.807, 2.05) is 32.9 Å². The molecule has 1 N–H and O–H groups in total. The number of anilines is 1. The largest absolute Gasteiger partial charge is 0.493 e. The van der Waals surface area contributed by atoms with Crippen LogP contribution in [-0.4, -0.2) is 46.0 Å². The summed E-state index contributed by atoms with van der Waals surface area (Å²) in [5.41, 5.74) is 1.19. The molecule has 0 spiro atoms. The van der Waals surface area contributed by atoms with Crippen molar-refractivity contribution in [3.05, 3.63) is 29.3 Å². The van der Waals surface area contributed by atoms with Crippen LogP contribution in [0.25, 0.3) is 5.70 Å². The Balaban J connectivity index is 2.10. The number of nitrogens with zero attached hydrogens (tertiary/aromatic N) is 4. The van der Waals surface area contributed by atoms with Crippen LogP contribution in [0.1, 0.15) is 39.3 Å². The van der Waals surface area contributed by atoms with Gasteiger partial charge in [0.1, 0.15) is 5.60 Å². The van der Waals surface area contributed by atoms with Crippen LogP contribution < -0.4 is 14.8 Å². The number of tetrazole rings is 1. The molecule has 0 fully saturated rings. The molecule has 3 rings (SSSR count). The molecular weight excluding hydrogens is 350 g/mol. The third-order valence-corrected chi connectivity index (χ3v) is 4.10. The van der Waals surface area contributed by atoms with Crippen molar-refractivity contribution in [2.75, 3.05) is 19.5 Å². The SMILES string of the molecule is COc1ccc(C2Nc3nnnn3C(C)=C2C(=O)OC(C)(C)C)cc1OC. The normalized spacial score (nSPS) is 16.4. The molecule has 2 aromatic rings. The molecule has 1 aromatic carbocycles. The molecule has 1 aliphatic heterocycles. The van der Waals surface area contributed by atoms with Crippen molar-refractivity contribution >= 4 is 17.6 Å². The summed E-state index contributed by atoms with van der Waals surface area (Å²) in [6, 6.07) is 4.96. The average Bonchev–Trinajstić information content (AvgIpc) is 3.08. The van der Waals surface area contributed by atoms with Crippen molar-refractivity contribution in [2.24, 2.45) is 0 Å². The van der Waals surface area contributed by atoms with E-state index in [4.69, 9.17) is 14.2 Å². The van der Waals surface area contributed by atoms with Gasteiger partial charge in [0.25, 0.3) is 0 Å². The minimum atomic E-state index is -0.632. The van der Waals surface area contributed by atoms with Crippen LogP contribution in [0.3, 0.4) is 0 Å². The summed E-state index contributed by atoms with van der Waals surface area (Å²) in [5.74, 6) is 1.16. The molecule has 1 unspecified atom stereocenters. The Morgan fingerprint density at radius 3 is 2.52 bits per heavy atom. The number of ether oxygens (including phenoxy) is 3. The van der Waals surface area contributed by atoms with Gasteiger partial charge in [-0.3, -0.25) is 0 Å². The van der Waals surface area contributed by atoms with Crippen molar-refractivity contribution in [2.45, 2.75) is 39.3 Å². The van der Waals surface area contributed by atoms with Gasteiger partial charge in [-0.05, 0) is 55.8 Å². The third-order valence-electron chi connectivity index (χ3n) is 4.10. The summed E-state index contributed by atoms with van der Waals surface area (Å²) >= 11 is 0. The first-order valence-corrected chi connectivity index (χ1v) is 8.46. The molecule has 0 saturated carbocycles. The third kappa shape index (κ3) is 3.57. The zero-order valence-corrected chi connectivity index (χ0v) is 16.2. The quantitative estimate of drug-likeness (QED) is 0.816. The molecule has 2 heterocycles. The number of rotatable bonds is 4. The first-order chi connectivity index (χ1) is 12.7.